The Bertz CT molecular complexity index is 351. The van der Waals surface area contributed by atoms with Gasteiger partial charge in [-0.1, -0.05) is 19.9 Å². The van der Waals surface area contributed by atoms with Crippen LogP contribution in [-0.2, 0) is 11.3 Å². The van der Waals surface area contributed by atoms with Gasteiger partial charge in [-0.2, -0.15) is 0 Å². The molecule has 0 aliphatic rings. The van der Waals surface area contributed by atoms with Gasteiger partial charge in [0.1, 0.15) is 0 Å². The van der Waals surface area contributed by atoms with Crippen molar-refractivity contribution in [1.29, 1.82) is 0 Å². The molecular weight excluding hydrogens is 214 g/mol. The number of hydrogen-bond acceptors (Lipinski definition) is 3. The molecule has 0 spiro atoms. The Balaban J connectivity index is 2.52. The van der Waals surface area contributed by atoms with Crippen LogP contribution >= 0.6 is 0 Å². The lowest BCUT2D eigenvalue weighted by molar-refractivity contribution is -0.132. The van der Waals surface area contributed by atoms with Crippen molar-refractivity contribution in [1.82, 2.24) is 9.88 Å². The van der Waals surface area contributed by atoms with E-state index in [2.05, 4.69) is 18.8 Å². The van der Waals surface area contributed by atoms with Crippen molar-refractivity contribution in [2.75, 3.05) is 7.05 Å². The van der Waals surface area contributed by atoms with Crippen molar-refractivity contribution >= 4 is 5.91 Å². The van der Waals surface area contributed by atoms with Gasteiger partial charge < -0.3 is 10.6 Å². The second kappa shape index (κ2) is 6.35. The molecule has 0 aliphatic heterocycles. The van der Waals surface area contributed by atoms with Crippen molar-refractivity contribution < 1.29 is 4.79 Å². The summed E-state index contributed by atoms with van der Waals surface area (Å²) in [6, 6.07) is 5.26. The highest BCUT2D eigenvalue weighted by molar-refractivity contribution is 5.81. The summed E-state index contributed by atoms with van der Waals surface area (Å²) in [6.45, 7) is 4.63. The summed E-state index contributed by atoms with van der Waals surface area (Å²) < 4.78 is 0. The van der Waals surface area contributed by atoms with Crippen LogP contribution in [0.5, 0.6) is 0 Å². The summed E-state index contributed by atoms with van der Waals surface area (Å²) in [5.41, 5.74) is 6.74. The van der Waals surface area contributed by atoms with Crippen LogP contribution in [0, 0.1) is 5.92 Å². The van der Waals surface area contributed by atoms with Crippen LogP contribution in [0.3, 0.4) is 0 Å². The molecule has 0 aromatic carbocycles. The van der Waals surface area contributed by atoms with E-state index < -0.39 is 6.04 Å². The summed E-state index contributed by atoms with van der Waals surface area (Å²) in [5, 5.41) is 0. The van der Waals surface area contributed by atoms with Crippen molar-refractivity contribution in [2.45, 2.75) is 32.9 Å². The van der Waals surface area contributed by atoms with Crippen molar-refractivity contribution in [2.24, 2.45) is 11.7 Å². The predicted octanol–water partition coefficient (Wildman–Crippen LogP) is 1.41. The number of likely N-dealkylation sites (N-methyl/N-ethyl adjacent to an activating group) is 1. The van der Waals surface area contributed by atoms with Gasteiger partial charge in [-0.05, 0) is 24.5 Å². The zero-order valence-corrected chi connectivity index (χ0v) is 10.8. The number of hydrogen-bond donors (Lipinski definition) is 1. The van der Waals surface area contributed by atoms with Crippen LogP contribution in [0.4, 0.5) is 0 Å². The third kappa shape index (κ3) is 4.53. The average molecular weight is 235 g/mol. The number of nitrogens with zero attached hydrogens (tertiary/aromatic N) is 2. The number of carbonyl (C=O) groups is 1. The minimum absolute atomic E-state index is 0.0237. The van der Waals surface area contributed by atoms with Gasteiger partial charge in [0.15, 0.2) is 0 Å². The molecule has 1 aromatic rings. The molecule has 1 unspecified atom stereocenters. The van der Waals surface area contributed by atoms with Crippen LogP contribution in [0.25, 0.3) is 0 Å². The van der Waals surface area contributed by atoms with Gasteiger partial charge in [-0.15, -0.1) is 0 Å². The molecule has 0 saturated carbocycles. The third-order valence-electron chi connectivity index (χ3n) is 2.54. The van der Waals surface area contributed by atoms with Crippen LogP contribution < -0.4 is 5.73 Å². The van der Waals surface area contributed by atoms with Gasteiger partial charge in [-0.25, -0.2) is 0 Å². The zero-order chi connectivity index (χ0) is 12.8. The number of aromatic nitrogens is 1. The quantitative estimate of drug-likeness (QED) is 0.839. The second-order valence-electron chi connectivity index (χ2n) is 4.75. The van der Waals surface area contributed by atoms with E-state index in [4.69, 9.17) is 5.73 Å². The van der Waals surface area contributed by atoms with E-state index in [9.17, 15) is 4.79 Å². The lowest BCUT2D eigenvalue weighted by Gasteiger charge is -2.22. The minimum Gasteiger partial charge on any atom is -0.339 e. The molecule has 4 heteroatoms. The van der Waals surface area contributed by atoms with E-state index in [1.165, 1.54) is 0 Å². The summed E-state index contributed by atoms with van der Waals surface area (Å²) in [6.07, 6.45) is 2.44. The molecule has 0 fully saturated rings. The first-order valence-corrected chi connectivity index (χ1v) is 5.91. The van der Waals surface area contributed by atoms with E-state index >= 15 is 0 Å². The predicted molar refractivity (Wildman–Crippen MR) is 68.1 cm³/mol. The second-order valence-corrected chi connectivity index (χ2v) is 4.75. The van der Waals surface area contributed by atoms with Crippen molar-refractivity contribution in [3.63, 3.8) is 0 Å². The highest BCUT2D eigenvalue weighted by Crippen LogP contribution is 2.07. The molecule has 2 N–H and O–H groups in total. The largest absolute Gasteiger partial charge is 0.339 e. The first-order valence-electron chi connectivity index (χ1n) is 5.91. The molecular formula is C13H21N3O. The average Bonchev–Trinajstić information content (AvgIpc) is 2.28. The lowest BCUT2D eigenvalue weighted by atomic mass is 10.0. The molecule has 94 valence electrons. The molecule has 1 heterocycles. The first-order chi connectivity index (χ1) is 8.00. The van der Waals surface area contributed by atoms with Crippen molar-refractivity contribution in [3.8, 4) is 0 Å². The molecule has 1 rings (SSSR count). The molecule has 17 heavy (non-hydrogen) atoms. The smallest absolute Gasteiger partial charge is 0.239 e. The SMILES string of the molecule is CC(C)CC(N)C(=O)N(C)Cc1ccccn1. The lowest BCUT2D eigenvalue weighted by Crippen LogP contribution is -2.42. The van der Waals surface area contributed by atoms with E-state index in [-0.39, 0.29) is 5.91 Å². The van der Waals surface area contributed by atoms with Crippen LogP contribution in [0.2, 0.25) is 0 Å². The molecule has 1 amide bonds. The van der Waals surface area contributed by atoms with Gasteiger partial charge >= 0.3 is 0 Å². The van der Waals surface area contributed by atoms with E-state index in [1.54, 1.807) is 18.1 Å². The summed E-state index contributed by atoms with van der Waals surface area (Å²) >= 11 is 0. The maximum atomic E-state index is 12.0. The standard InChI is InChI=1S/C13H21N3O/c1-10(2)8-12(14)13(17)16(3)9-11-6-4-5-7-15-11/h4-7,10,12H,8-9,14H2,1-3H3. The van der Waals surface area contributed by atoms with Crippen LogP contribution in [0.15, 0.2) is 24.4 Å². The summed E-state index contributed by atoms with van der Waals surface area (Å²) in [7, 11) is 1.76. The number of amides is 1. The molecule has 4 nitrogen and oxygen atoms in total. The number of pyridine rings is 1. The fraction of sp³-hybridized carbons (Fsp3) is 0.538. The van der Waals surface area contributed by atoms with E-state index in [0.717, 1.165) is 5.69 Å². The molecule has 0 aliphatic carbocycles. The van der Waals surface area contributed by atoms with Gasteiger partial charge in [-0.3, -0.25) is 9.78 Å². The van der Waals surface area contributed by atoms with Gasteiger partial charge in [0.05, 0.1) is 18.3 Å². The normalized spacial score (nSPS) is 12.5. The monoisotopic (exact) mass is 235 g/mol. The first kappa shape index (κ1) is 13.6. The Labute approximate surface area is 103 Å². The van der Waals surface area contributed by atoms with Crippen LogP contribution in [-0.4, -0.2) is 28.9 Å². The Morgan fingerprint density at radius 2 is 2.18 bits per heavy atom. The highest BCUT2D eigenvalue weighted by Gasteiger charge is 2.19. The molecule has 0 saturated heterocycles. The zero-order valence-electron chi connectivity index (χ0n) is 10.8. The third-order valence-corrected chi connectivity index (χ3v) is 2.54. The maximum absolute atomic E-state index is 12.0. The fourth-order valence-corrected chi connectivity index (χ4v) is 1.70. The maximum Gasteiger partial charge on any atom is 0.239 e. The fourth-order valence-electron chi connectivity index (χ4n) is 1.70. The topological polar surface area (TPSA) is 59.2 Å². The summed E-state index contributed by atoms with van der Waals surface area (Å²) in [5.74, 6) is 0.404. The Morgan fingerprint density at radius 3 is 2.71 bits per heavy atom. The van der Waals surface area contributed by atoms with Crippen LogP contribution in [0.1, 0.15) is 26.0 Å². The molecule has 1 atom stereocenters. The number of rotatable bonds is 5. The molecule has 1 aromatic heterocycles. The van der Waals surface area contributed by atoms with Crippen molar-refractivity contribution in [3.05, 3.63) is 30.1 Å². The van der Waals surface area contributed by atoms with Gasteiger partial charge in [0.2, 0.25) is 5.91 Å². The van der Waals surface area contributed by atoms with Gasteiger partial charge in [0.25, 0.3) is 0 Å². The number of nitrogens with two attached hydrogens (primary N) is 1. The van der Waals surface area contributed by atoms with E-state index in [1.807, 2.05) is 18.2 Å². The minimum atomic E-state index is -0.413. The Kier molecular flexibility index (Phi) is 5.10. The molecule has 0 bridgehead atoms. The van der Waals surface area contributed by atoms with E-state index in [0.29, 0.717) is 18.9 Å². The Morgan fingerprint density at radius 1 is 1.47 bits per heavy atom. The molecule has 0 radical (unpaired) electrons. The van der Waals surface area contributed by atoms with Gasteiger partial charge in [0, 0.05) is 13.2 Å². The summed E-state index contributed by atoms with van der Waals surface area (Å²) in [4.78, 5) is 17.8. The Hall–Kier alpha value is -1.42. The highest BCUT2D eigenvalue weighted by atomic mass is 16.2. The number of carbonyl (C=O) groups excluding carboxylic acids is 1.